The quantitative estimate of drug-likeness (QED) is 0.732. The zero-order valence-corrected chi connectivity index (χ0v) is 14.7. The van der Waals surface area contributed by atoms with Crippen LogP contribution >= 0.6 is 0 Å². The van der Waals surface area contributed by atoms with Gasteiger partial charge in [0, 0.05) is 5.39 Å². The molecule has 0 amide bonds. The van der Waals surface area contributed by atoms with E-state index < -0.39 is 5.97 Å². The Hall–Kier alpha value is -2.59. The molecular formula is C22H23NO3. The van der Waals surface area contributed by atoms with Crippen molar-refractivity contribution in [2.24, 2.45) is 5.92 Å². The second kappa shape index (κ2) is 7.34. The van der Waals surface area contributed by atoms with E-state index >= 15 is 0 Å². The summed E-state index contributed by atoms with van der Waals surface area (Å²) in [4.78, 5) is 13.8. The van der Waals surface area contributed by atoms with Crippen LogP contribution in [0.2, 0.25) is 0 Å². The number of furan rings is 1. The number of rotatable bonds is 5. The van der Waals surface area contributed by atoms with Gasteiger partial charge in [0.25, 0.3) is 0 Å². The molecule has 0 radical (unpaired) electrons. The normalized spacial score (nSPS) is 16.2. The lowest BCUT2D eigenvalue weighted by Gasteiger charge is -2.31. The molecule has 0 aliphatic carbocycles. The summed E-state index contributed by atoms with van der Waals surface area (Å²) in [5.74, 6) is 0.728. The Morgan fingerprint density at radius 2 is 1.81 bits per heavy atom. The molecule has 4 nitrogen and oxygen atoms in total. The Kier molecular flexibility index (Phi) is 4.76. The first-order valence-electron chi connectivity index (χ1n) is 9.20. The van der Waals surface area contributed by atoms with Gasteiger partial charge < -0.3 is 9.52 Å². The van der Waals surface area contributed by atoms with Crippen LogP contribution in [0, 0.1) is 5.92 Å². The summed E-state index contributed by atoms with van der Waals surface area (Å²) in [6, 6.07) is 17.6. The predicted octanol–water partition coefficient (Wildman–Crippen LogP) is 4.59. The SMILES string of the molecule is O=C(O)c1ccccc1CC1CCN(Cc2cc3ccccc3o2)CC1. The van der Waals surface area contributed by atoms with Crippen LogP contribution in [0.3, 0.4) is 0 Å². The highest BCUT2D eigenvalue weighted by Gasteiger charge is 2.22. The highest BCUT2D eigenvalue weighted by atomic mass is 16.4. The number of likely N-dealkylation sites (tertiary alicyclic amines) is 1. The molecule has 0 atom stereocenters. The van der Waals surface area contributed by atoms with Gasteiger partial charge in [-0.05, 0) is 62.0 Å². The molecule has 2 heterocycles. The van der Waals surface area contributed by atoms with E-state index in [1.54, 1.807) is 12.1 Å². The zero-order chi connectivity index (χ0) is 17.9. The third-order valence-corrected chi connectivity index (χ3v) is 5.32. The number of piperidine rings is 1. The average Bonchev–Trinajstić information content (AvgIpc) is 3.06. The molecule has 1 aliphatic rings. The van der Waals surface area contributed by atoms with E-state index in [4.69, 9.17) is 4.42 Å². The van der Waals surface area contributed by atoms with Gasteiger partial charge in [-0.15, -0.1) is 0 Å². The fourth-order valence-electron chi connectivity index (χ4n) is 3.90. The fraction of sp³-hybridized carbons (Fsp3) is 0.318. The molecular weight excluding hydrogens is 326 g/mol. The van der Waals surface area contributed by atoms with E-state index in [1.807, 2.05) is 30.3 Å². The number of carbonyl (C=O) groups is 1. The highest BCUT2D eigenvalue weighted by Crippen LogP contribution is 2.26. The van der Waals surface area contributed by atoms with E-state index in [9.17, 15) is 9.90 Å². The van der Waals surface area contributed by atoms with Crippen molar-refractivity contribution in [3.05, 3.63) is 71.5 Å². The molecule has 1 aliphatic heterocycles. The number of carboxylic acids is 1. The lowest BCUT2D eigenvalue weighted by Crippen LogP contribution is -2.33. The predicted molar refractivity (Wildman–Crippen MR) is 101 cm³/mol. The minimum atomic E-state index is -0.831. The maximum absolute atomic E-state index is 11.4. The zero-order valence-electron chi connectivity index (χ0n) is 14.7. The molecule has 3 aromatic rings. The van der Waals surface area contributed by atoms with Crippen molar-refractivity contribution in [1.82, 2.24) is 4.90 Å². The number of fused-ring (bicyclic) bond motifs is 1. The fourth-order valence-corrected chi connectivity index (χ4v) is 3.90. The number of para-hydroxylation sites is 1. The standard InChI is InChI=1S/C22H23NO3/c24-22(25)20-7-3-1-5-17(20)13-16-9-11-23(12-10-16)15-19-14-18-6-2-4-8-21(18)26-19/h1-8,14,16H,9-13,15H2,(H,24,25). The second-order valence-electron chi connectivity index (χ2n) is 7.14. The summed E-state index contributed by atoms with van der Waals surface area (Å²) in [5, 5.41) is 10.5. The van der Waals surface area contributed by atoms with Gasteiger partial charge in [-0.2, -0.15) is 0 Å². The lowest BCUT2D eigenvalue weighted by molar-refractivity contribution is 0.0695. The van der Waals surface area contributed by atoms with Gasteiger partial charge in [-0.1, -0.05) is 36.4 Å². The van der Waals surface area contributed by atoms with Crippen LogP contribution in [0.4, 0.5) is 0 Å². The van der Waals surface area contributed by atoms with Crippen molar-refractivity contribution >= 4 is 16.9 Å². The smallest absolute Gasteiger partial charge is 0.335 e. The van der Waals surface area contributed by atoms with Gasteiger partial charge in [-0.3, -0.25) is 4.90 Å². The first-order valence-corrected chi connectivity index (χ1v) is 9.20. The summed E-state index contributed by atoms with van der Waals surface area (Å²) in [5.41, 5.74) is 2.34. The molecule has 4 heteroatoms. The van der Waals surface area contributed by atoms with Crippen LogP contribution in [-0.4, -0.2) is 29.1 Å². The van der Waals surface area contributed by atoms with E-state index in [1.165, 1.54) is 0 Å². The molecule has 4 rings (SSSR count). The van der Waals surface area contributed by atoms with E-state index in [0.717, 1.165) is 61.2 Å². The van der Waals surface area contributed by atoms with Crippen LogP contribution in [0.5, 0.6) is 0 Å². The summed E-state index contributed by atoms with van der Waals surface area (Å²) >= 11 is 0. The minimum Gasteiger partial charge on any atom is -0.478 e. The van der Waals surface area contributed by atoms with Crippen molar-refractivity contribution in [2.75, 3.05) is 13.1 Å². The highest BCUT2D eigenvalue weighted by molar-refractivity contribution is 5.89. The maximum Gasteiger partial charge on any atom is 0.335 e. The van der Waals surface area contributed by atoms with Crippen LogP contribution in [0.25, 0.3) is 11.0 Å². The second-order valence-corrected chi connectivity index (χ2v) is 7.14. The number of carboxylic acid groups (broad SMARTS) is 1. The average molecular weight is 349 g/mol. The molecule has 0 bridgehead atoms. The van der Waals surface area contributed by atoms with Gasteiger partial charge in [0.05, 0.1) is 12.1 Å². The molecule has 0 unspecified atom stereocenters. The Morgan fingerprint density at radius 1 is 1.08 bits per heavy atom. The first kappa shape index (κ1) is 16.9. The summed E-state index contributed by atoms with van der Waals surface area (Å²) in [6.45, 7) is 2.89. The third kappa shape index (κ3) is 3.65. The summed E-state index contributed by atoms with van der Waals surface area (Å²) in [7, 11) is 0. The Labute approximate surface area is 153 Å². The number of benzene rings is 2. The molecule has 26 heavy (non-hydrogen) atoms. The number of aromatic carboxylic acids is 1. The van der Waals surface area contributed by atoms with Crippen LogP contribution in [0.15, 0.2) is 59.0 Å². The first-order chi connectivity index (χ1) is 12.7. The summed E-state index contributed by atoms with van der Waals surface area (Å²) < 4.78 is 5.93. The molecule has 0 spiro atoms. The molecule has 1 saturated heterocycles. The minimum absolute atomic E-state index is 0.442. The monoisotopic (exact) mass is 349 g/mol. The maximum atomic E-state index is 11.4. The van der Waals surface area contributed by atoms with Crippen molar-refractivity contribution in [3.8, 4) is 0 Å². The van der Waals surface area contributed by atoms with Crippen molar-refractivity contribution in [1.29, 1.82) is 0 Å². The molecule has 2 aromatic carbocycles. The largest absolute Gasteiger partial charge is 0.478 e. The number of hydrogen-bond acceptors (Lipinski definition) is 3. The Morgan fingerprint density at radius 3 is 2.58 bits per heavy atom. The van der Waals surface area contributed by atoms with Crippen molar-refractivity contribution < 1.29 is 14.3 Å². The summed E-state index contributed by atoms with van der Waals surface area (Å²) in [6.07, 6.45) is 3.03. The topological polar surface area (TPSA) is 53.7 Å². The molecule has 1 fully saturated rings. The van der Waals surface area contributed by atoms with Crippen LogP contribution in [0.1, 0.15) is 34.5 Å². The number of hydrogen-bond donors (Lipinski definition) is 1. The van der Waals surface area contributed by atoms with Gasteiger partial charge in [0.1, 0.15) is 11.3 Å². The van der Waals surface area contributed by atoms with E-state index in [-0.39, 0.29) is 0 Å². The lowest BCUT2D eigenvalue weighted by atomic mass is 9.88. The van der Waals surface area contributed by atoms with Gasteiger partial charge >= 0.3 is 5.97 Å². The third-order valence-electron chi connectivity index (χ3n) is 5.32. The Balaban J connectivity index is 1.35. The van der Waals surface area contributed by atoms with Crippen LogP contribution < -0.4 is 0 Å². The molecule has 0 saturated carbocycles. The van der Waals surface area contributed by atoms with Gasteiger partial charge in [-0.25, -0.2) is 4.79 Å². The van der Waals surface area contributed by atoms with E-state index in [2.05, 4.69) is 17.0 Å². The van der Waals surface area contributed by atoms with Gasteiger partial charge in [0.15, 0.2) is 0 Å². The molecule has 1 aromatic heterocycles. The van der Waals surface area contributed by atoms with Gasteiger partial charge in [0.2, 0.25) is 0 Å². The van der Waals surface area contributed by atoms with E-state index in [0.29, 0.717) is 11.5 Å². The molecule has 1 N–H and O–H groups in total. The molecule has 134 valence electrons. The Bertz CT molecular complexity index is 873. The number of nitrogens with zero attached hydrogens (tertiary/aromatic N) is 1. The van der Waals surface area contributed by atoms with Crippen molar-refractivity contribution in [3.63, 3.8) is 0 Å². The van der Waals surface area contributed by atoms with Crippen LogP contribution in [-0.2, 0) is 13.0 Å². The van der Waals surface area contributed by atoms with Crippen molar-refractivity contribution in [2.45, 2.75) is 25.8 Å².